The first-order valence-corrected chi connectivity index (χ1v) is 10.6. The molecule has 1 aromatic heterocycles. The fraction of sp³-hybridized carbons (Fsp3) is 0.148. The molecule has 0 spiro atoms. The summed E-state index contributed by atoms with van der Waals surface area (Å²) in [4.78, 5) is 16.0. The Morgan fingerprint density at radius 1 is 0.903 bits per heavy atom. The number of aromatic nitrogens is 1. The summed E-state index contributed by atoms with van der Waals surface area (Å²) >= 11 is 0. The third kappa shape index (κ3) is 2.72. The number of para-hydroxylation sites is 1. The van der Waals surface area contributed by atoms with Gasteiger partial charge in [0, 0.05) is 40.8 Å². The highest BCUT2D eigenvalue weighted by Gasteiger charge is 2.41. The number of benzene rings is 3. The molecule has 4 heteroatoms. The summed E-state index contributed by atoms with van der Waals surface area (Å²) in [5.74, 6) is 0.814. The van der Waals surface area contributed by atoms with Crippen LogP contribution in [0.4, 0.5) is 0 Å². The van der Waals surface area contributed by atoms with Crippen molar-refractivity contribution in [3.8, 4) is 16.9 Å². The van der Waals surface area contributed by atoms with E-state index in [-0.39, 0.29) is 5.91 Å². The van der Waals surface area contributed by atoms with Gasteiger partial charge in [-0.1, -0.05) is 66.7 Å². The predicted molar refractivity (Wildman–Crippen MR) is 122 cm³/mol. The highest BCUT2D eigenvalue weighted by molar-refractivity contribution is 5.99. The van der Waals surface area contributed by atoms with Gasteiger partial charge in [-0.15, -0.1) is 0 Å². The lowest BCUT2D eigenvalue weighted by Crippen LogP contribution is -2.29. The second kappa shape index (κ2) is 6.88. The van der Waals surface area contributed by atoms with Crippen molar-refractivity contribution in [3.05, 3.63) is 102 Å². The molecule has 1 atom stereocenters. The highest BCUT2D eigenvalue weighted by atomic mass is 16.5. The number of nitrogens with one attached hydrogen (secondary N) is 2. The summed E-state index contributed by atoms with van der Waals surface area (Å²) < 4.78 is 6.41. The van der Waals surface area contributed by atoms with E-state index in [1.165, 1.54) is 10.9 Å². The topological polar surface area (TPSA) is 54.1 Å². The van der Waals surface area contributed by atoms with E-state index in [1.54, 1.807) is 6.08 Å². The summed E-state index contributed by atoms with van der Waals surface area (Å²) in [6, 6.07) is 23.0. The minimum atomic E-state index is -0.507. The molecule has 4 bridgehead atoms. The van der Waals surface area contributed by atoms with Crippen LogP contribution in [0.15, 0.2) is 85.1 Å². The predicted octanol–water partition coefficient (Wildman–Crippen LogP) is 4.74. The van der Waals surface area contributed by atoms with E-state index < -0.39 is 5.41 Å². The Balaban J connectivity index is 1.67. The van der Waals surface area contributed by atoms with Crippen LogP contribution < -0.4 is 10.1 Å². The zero-order valence-electron chi connectivity index (χ0n) is 17.0. The van der Waals surface area contributed by atoms with E-state index in [1.807, 2.05) is 30.5 Å². The number of fused-ring (bicyclic) bond motifs is 1. The number of carbonyl (C=O) groups excluding carboxylic acids is 1. The molecule has 152 valence electrons. The first kappa shape index (κ1) is 18.0. The van der Waals surface area contributed by atoms with E-state index in [2.05, 4.69) is 58.8 Å². The smallest absolute Gasteiger partial charge is 0.243 e. The van der Waals surface area contributed by atoms with E-state index >= 15 is 0 Å². The molecule has 6 rings (SSSR count). The number of carbonyl (C=O) groups is 1. The summed E-state index contributed by atoms with van der Waals surface area (Å²) in [6.07, 6.45) is 6.48. The monoisotopic (exact) mass is 406 g/mol. The Kier molecular flexibility index (Phi) is 4.00. The quantitative estimate of drug-likeness (QED) is 0.480. The van der Waals surface area contributed by atoms with Gasteiger partial charge in [-0.25, -0.2) is 0 Å². The van der Waals surface area contributed by atoms with Crippen LogP contribution in [0.3, 0.4) is 0 Å². The van der Waals surface area contributed by atoms with Gasteiger partial charge in [0.1, 0.15) is 12.4 Å². The van der Waals surface area contributed by atoms with Crippen molar-refractivity contribution in [2.24, 2.45) is 0 Å². The van der Waals surface area contributed by atoms with Crippen molar-refractivity contribution in [2.45, 2.75) is 11.8 Å². The summed E-state index contributed by atoms with van der Waals surface area (Å²) in [5.41, 5.74) is 6.24. The maximum absolute atomic E-state index is 12.6. The van der Waals surface area contributed by atoms with Gasteiger partial charge in [-0.05, 0) is 29.2 Å². The average Bonchev–Trinajstić information content (AvgIpc) is 3.40. The molecule has 2 N–H and O–H groups in total. The molecule has 2 aliphatic rings. The van der Waals surface area contributed by atoms with Crippen molar-refractivity contribution in [1.29, 1.82) is 0 Å². The van der Waals surface area contributed by atoms with Gasteiger partial charge in [0.05, 0.1) is 5.41 Å². The molecule has 4 nitrogen and oxygen atoms in total. The van der Waals surface area contributed by atoms with Gasteiger partial charge in [0.2, 0.25) is 5.91 Å². The third-order valence-electron chi connectivity index (χ3n) is 6.52. The third-order valence-corrected chi connectivity index (χ3v) is 6.52. The molecule has 0 radical (unpaired) electrons. The number of hydrogen-bond donors (Lipinski definition) is 2. The Labute approximate surface area is 180 Å². The first-order chi connectivity index (χ1) is 15.3. The Morgan fingerprint density at radius 2 is 1.74 bits per heavy atom. The van der Waals surface area contributed by atoms with Crippen LogP contribution in [-0.2, 0) is 16.6 Å². The van der Waals surface area contributed by atoms with Crippen LogP contribution in [0.25, 0.3) is 22.0 Å². The van der Waals surface area contributed by atoms with E-state index in [9.17, 15) is 4.79 Å². The lowest BCUT2D eigenvalue weighted by Gasteiger charge is -2.25. The van der Waals surface area contributed by atoms with Crippen molar-refractivity contribution in [3.63, 3.8) is 0 Å². The van der Waals surface area contributed by atoms with Crippen LogP contribution in [-0.4, -0.2) is 24.0 Å². The largest absolute Gasteiger partial charge is 0.491 e. The Morgan fingerprint density at radius 3 is 2.65 bits per heavy atom. The Hall–Kier alpha value is -3.79. The van der Waals surface area contributed by atoms with Gasteiger partial charge >= 0.3 is 0 Å². The van der Waals surface area contributed by atoms with Crippen LogP contribution in [0, 0.1) is 0 Å². The molecular formula is C27H22N2O2. The molecule has 2 aliphatic heterocycles. The zero-order chi connectivity index (χ0) is 20.8. The number of aromatic amines is 1. The molecule has 0 fully saturated rings. The van der Waals surface area contributed by atoms with Gasteiger partial charge in [-0.3, -0.25) is 4.79 Å². The maximum Gasteiger partial charge on any atom is 0.243 e. The highest BCUT2D eigenvalue weighted by Crippen LogP contribution is 2.50. The molecule has 0 saturated carbocycles. The summed E-state index contributed by atoms with van der Waals surface area (Å²) in [7, 11) is 0. The minimum Gasteiger partial charge on any atom is -0.491 e. The molecule has 1 unspecified atom stereocenters. The maximum atomic E-state index is 12.6. The summed E-state index contributed by atoms with van der Waals surface area (Å²) in [5, 5.41) is 4.23. The SMILES string of the molecule is O=C1/C=C/C2(c3ccccc3)COc3c(cccc32)-c2cccc3[nH]cc(c23)CCN1. The van der Waals surface area contributed by atoms with Crippen LogP contribution in [0.1, 0.15) is 16.7 Å². The second-order valence-electron chi connectivity index (χ2n) is 8.22. The van der Waals surface area contributed by atoms with Crippen molar-refractivity contribution >= 4 is 16.8 Å². The number of hydrogen-bond acceptors (Lipinski definition) is 2. The number of ether oxygens (including phenoxy) is 1. The summed E-state index contributed by atoms with van der Waals surface area (Å²) in [6.45, 7) is 1.05. The lowest BCUT2D eigenvalue weighted by molar-refractivity contribution is -0.116. The van der Waals surface area contributed by atoms with E-state index in [0.29, 0.717) is 13.2 Å². The molecule has 3 aromatic carbocycles. The van der Waals surface area contributed by atoms with Gasteiger partial charge < -0.3 is 15.0 Å². The molecular weight excluding hydrogens is 384 g/mol. The van der Waals surface area contributed by atoms with Crippen LogP contribution in [0.5, 0.6) is 5.75 Å². The van der Waals surface area contributed by atoms with Crippen molar-refractivity contribution in [2.75, 3.05) is 13.2 Å². The number of rotatable bonds is 1. The lowest BCUT2D eigenvalue weighted by atomic mass is 9.75. The Bertz CT molecular complexity index is 1340. The molecule has 0 aliphatic carbocycles. The van der Waals surface area contributed by atoms with Crippen molar-refractivity contribution < 1.29 is 9.53 Å². The normalized spacial score (nSPS) is 20.8. The second-order valence-corrected chi connectivity index (χ2v) is 8.22. The van der Waals surface area contributed by atoms with Gasteiger partial charge in [0.25, 0.3) is 0 Å². The number of H-pyrrole nitrogens is 1. The molecule has 1 amide bonds. The molecule has 3 heterocycles. The van der Waals surface area contributed by atoms with Crippen LogP contribution in [0.2, 0.25) is 0 Å². The minimum absolute atomic E-state index is 0.0841. The average molecular weight is 406 g/mol. The first-order valence-electron chi connectivity index (χ1n) is 10.6. The van der Waals surface area contributed by atoms with Crippen LogP contribution >= 0.6 is 0 Å². The fourth-order valence-electron chi connectivity index (χ4n) is 5.00. The molecule has 0 saturated heterocycles. The molecule has 31 heavy (non-hydrogen) atoms. The van der Waals surface area contributed by atoms with E-state index in [0.717, 1.165) is 39.9 Å². The van der Waals surface area contributed by atoms with E-state index in [4.69, 9.17) is 4.74 Å². The number of amides is 1. The van der Waals surface area contributed by atoms with Gasteiger partial charge in [-0.2, -0.15) is 0 Å². The molecule has 4 aromatic rings. The van der Waals surface area contributed by atoms with Gasteiger partial charge in [0.15, 0.2) is 0 Å². The fourth-order valence-corrected chi connectivity index (χ4v) is 5.00. The standard InChI is InChI=1S/C27H22N2O2/c30-24-12-14-27(19-6-2-1-3-7-19)17-31-26-21(9-4-10-22(26)27)20-8-5-11-23-25(20)18(16-29-23)13-15-28-24/h1-12,14,16,29H,13,15,17H2,(H,28,30)/b14-12+. The zero-order valence-corrected chi connectivity index (χ0v) is 17.0. The van der Waals surface area contributed by atoms with Crippen molar-refractivity contribution in [1.82, 2.24) is 10.3 Å².